The lowest BCUT2D eigenvalue weighted by molar-refractivity contribution is 0.462. The third kappa shape index (κ3) is 5.23. The molecule has 0 saturated carbocycles. The molecule has 0 radical (unpaired) electrons. The minimum Gasteiger partial charge on any atom is -0.329 e. The molecule has 0 aliphatic carbocycles. The first-order valence-corrected chi connectivity index (χ1v) is 9.31. The van der Waals surface area contributed by atoms with Gasteiger partial charge in [-0.2, -0.15) is 0 Å². The zero-order valence-corrected chi connectivity index (χ0v) is 14.8. The number of halogens is 1. The van der Waals surface area contributed by atoms with Crippen molar-refractivity contribution in [3.05, 3.63) is 23.8 Å². The van der Waals surface area contributed by atoms with E-state index in [4.69, 9.17) is 5.73 Å². The Morgan fingerprint density at radius 3 is 2.14 bits per heavy atom. The molecule has 1 rings (SSSR count). The molecular formula is C12H21ClN2O4S2. The lowest BCUT2D eigenvalue weighted by Gasteiger charge is -2.24. The second kappa shape index (κ2) is 6.62. The van der Waals surface area contributed by atoms with Gasteiger partial charge in [0.15, 0.2) is 9.84 Å². The van der Waals surface area contributed by atoms with E-state index in [9.17, 15) is 16.8 Å². The van der Waals surface area contributed by atoms with Gasteiger partial charge in [-0.3, -0.25) is 0 Å². The van der Waals surface area contributed by atoms with Crippen LogP contribution in [0.15, 0.2) is 28.0 Å². The number of nitrogens with one attached hydrogen (secondary N) is 1. The van der Waals surface area contributed by atoms with E-state index in [2.05, 4.69) is 4.72 Å². The number of rotatable bonds is 5. The molecule has 0 unspecified atom stereocenters. The molecular weight excluding hydrogens is 336 g/mol. The molecule has 0 spiro atoms. The lowest BCUT2D eigenvalue weighted by Crippen LogP contribution is -2.48. The monoisotopic (exact) mass is 356 g/mol. The van der Waals surface area contributed by atoms with Crippen LogP contribution in [-0.4, -0.2) is 35.2 Å². The van der Waals surface area contributed by atoms with Crippen LogP contribution in [0, 0.1) is 6.92 Å². The molecule has 21 heavy (non-hydrogen) atoms. The van der Waals surface area contributed by atoms with E-state index in [1.165, 1.54) is 18.2 Å². The Balaban J connectivity index is 0.00000400. The zero-order valence-electron chi connectivity index (χ0n) is 12.4. The van der Waals surface area contributed by atoms with Crippen LogP contribution in [0.3, 0.4) is 0 Å². The van der Waals surface area contributed by atoms with Crippen molar-refractivity contribution in [1.29, 1.82) is 0 Å². The fraction of sp³-hybridized carbons (Fsp3) is 0.500. The van der Waals surface area contributed by atoms with Gasteiger partial charge in [-0.1, -0.05) is 6.07 Å². The molecule has 1 aromatic rings. The van der Waals surface area contributed by atoms with Gasteiger partial charge in [0.2, 0.25) is 10.0 Å². The van der Waals surface area contributed by atoms with Crippen molar-refractivity contribution in [2.75, 3.05) is 12.8 Å². The summed E-state index contributed by atoms with van der Waals surface area (Å²) in [6.45, 7) is 5.04. The molecule has 0 aromatic heterocycles. The van der Waals surface area contributed by atoms with Gasteiger partial charge in [0.05, 0.1) is 9.79 Å². The Hall–Kier alpha value is -0.670. The van der Waals surface area contributed by atoms with E-state index in [0.29, 0.717) is 5.56 Å². The number of hydrogen-bond acceptors (Lipinski definition) is 5. The van der Waals surface area contributed by atoms with Crippen molar-refractivity contribution in [3.63, 3.8) is 0 Å². The van der Waals surface area contributed by atoms with Crippen molar-refractivity contribution in [2.24, 2.45) is 5.73 Å². The SMILES string of the molecule is Cc1ccc(S(C)(=O)=O)cc1S(=O)(=O)NC(C)(C)CN.Cl. The summed E-state index contributed by atoms with van der Waals surface area (Å²) in [4.78, 5) is -0.0871. The predicted octanol–water partition coefficient (Wildman–Crippen LogP) is 0.836. The van der Waals surface area contributed by atoms with Crippen LogP contribution in [0.5, 0.6) is 0 Å². The molecule has 0 aliphatic rings. The topological polar surface area (TPSA) is 106 Å². The fourth-order valence-corrected chi connectivity index (χ4v) is 3.98. The minimum atomic E-state index is -3.84. The van der Waals surface area contributed by atoms with Crippen molar-refractivity contribution in [3.8, 4) is 0 Å². The van der Waals surface area contributed by atoms with Crippen LogP contribution >= 0.6 is 12.4 Å². The van der Waals surface area contributed by atoms with Crippen molar-refractivity contribution < 1.29 is 16.8 Å². The van der Waals surface area contributed by atoms with Gasteiger partial charge in [-0.05, 0) is 38.5 Å². The summed E-state index contributed by atoms with van der Waals surface area (Å²) in [5.74, 6) is 0. The third-order valence-corrected chi connectivity index (χ3v) is 5.75. The smallest absolute Gasteiger partial charge is 0.241 e. The maximum Gasteiger partial charge on any atom is 0.241 e. The van der Waals surface area contributed by atoms with Crippen LogP contribution in [-0.2, 0) is 19.9 Å². The van der Waals surface area contributed by atoms with E-state index < -0.39 is 25.4 Å². The Morgan fingerprint density at radius 1 is 1.19 bits per heavy atom. The van der Waals surface area contributed by atoms with Gasteiger partial charge < -0.3 is 5.73 Å². The van der Waals surface area contributed by atoms with Crippen molar-refractivity contribution in [1.82, 2.24) is 4.72 Å². The molecule has 0 fully saturated rings. The standard InChI is InChI=1S/C12H20N2O4S2.ClH/c1-9-5-6-10(19(4,15)16)7-11(9)20(17,18)14-12(2,3)8-13;/h5-7,14H,8,13H2,1-4H3;1H. The number of sulfone groups is 1. The minimum absolute atomic E-state index is 0. The van der Waals surface area contributed by atoms with E-state index in [0.717, 1.165) is 6.26 Å². The van der Waals surface area contributed by atoms with Crippen LogP contribution in [0.25, 0.3) is 0 Å². The van der Waals surface area contributed by atoms with Gasteiger partial charge >= 0.3 is 0 Å². The van der Waals surface area contributed by atoms with Gasteiger partial charge in [0.25, 0.3) is 0 Å². The summed E-state index contributed by atoms with van der Waals surface area (Å²) in [5, 5.41) is 0. The molecule has 6 nitrogen and oxygen atoms in total. The van der Waals surface area contributed by atoms with Gasteiger partial charge in [-0.25, -0.2) is 21.6 Å². The second-order valence-corrected chi connectivity index (χ2v) is 9.06. The number of nitrogens with two attached hydrogens (primary N) is 1. The first-order chi connectivity index (χ1) is 8.89. The molecule has 0 heterocycles. The second-order valence-electron chi connectivity index (χ2n) is 5.39. The highest BCUT2D eigenvalue weighted by molar-refractivity contribution is 7.91. The molecule has 0 saturated heterocycles. The Labute approximate surface area is 132 Å². The molecule has 122 valence electrons. The highest BCUT2D eigenvalue weighted by Gasteiger charge is 2.27. The first kappa shape index (κ1) is 20.3. The number of aryl methyl sites for hydroxylation is 1. The van der Waals surface area contributed by atoms with Gasteiger partial charge in [-0.15, -0.1) is 12.4 Å². The molecule has 0 bridgehead atoms. The van der Waals surface area contributed by atoms with Crippen LogP contribution in [0.4, 0.5) is 0 Å². The van der Waals surface area contributed by atoms with E-state index in [1.54, 1.807) is 20.8 Å². The number of hydrogen-bond donors (Lipinski definition) is 2. The molecule has 0 atom stereocenters. The Morgan fingerprint density at radius 2 is 1.71 bits per heavy atom. The normalized spacial score (nSPS) is 12.8. The van der Waals surface area contributed by atoms with Crippen LogP contribution < -0.4 is 10.5 Å². The van der Waals surface area contributed by atoms with Crippen LogP contribution in [0.1, 0.15) is 19.4 Å². The molecule has 3 N–H and O–H groups in total. The summed E-state index contributed by atoms with van der Waals surface area (Å²) >= 11 is 0. The van der Waals surface area contributed by atoms with Crippen molar-refractivity contribution >= 4 is 32.3 Å². The largest absolute Gasteiger partial charge is 0.329 e. The summed E-state index contributed by atoms with van der Waals surface area (Å²) < 4.78 is 50.2. The molecule has 1 aromatic carbocycles. The summed E-state index contributed by atoms with van der Waals surface area (Å²) in [7, 11) is -7.31. The maximum absolute atomic E-state index is 12.3. The Kier molecular flexibility index (Phi) is 6.41. The molecule has 0 aliphatic heterocycles. The van der Waals surface area contributed by atoms with Crippen LogP contribution in [0.2, 0.25) is 0 Å². The average molecular weight is 357 g/mol. The molecule has 0 amide bonds. The van der Waals surface area contributed by atoms with Gasteiger partial charge in [0, 0.05) is 18.3 Å². The summed E-state index contributed by atoms with van der Waals surface area (Å²) in [6, 6.07) is 4.03. The number of sulfonamides is 1. The quantitative estimate of drug-likeness (QED) is 0.812. The van der Waals surface area contributed by atoms with E-state index >= 15 is 0 Å². The van der Waals surface area contributed by atoms with E-state index in [-0.39, 0.29) is 28.7 Å². The fourth-order valence-electron chi connectivity index (χ4n) is 1.56. The third-order valence-electron chi connectivity index (χ3n) is 2.80. The highest BCUT2D eigenvalue weighted by Crippen LogP contribution is 2.21. The first-order valence-electron chi connectivity index (χ1n) is 5.94. The lowest BCUT2D eigenvalue weighted by atomic mass is 10.1. The maximum atomic E-state index is 12.3. The predicted molar refractivity (Wildman–Crippen MR) is 85.0 cm³/mol. The summed E-state index contributed by atoms with van der Waals surface area (Å²) in [5.41, 5.74) is 5.16. The van der Waals surface area contributed by atoms with Crippen molar-refractivity contribution in [2.45, 2.75) is 36.1 Å². The average Bonchev–Trinajstić information content (AvgIpc) is 2.26. The summed E-state index contributed by atoms with van der Waals surface area (Å²) in [6.07, 6.45) is 1.03. The van der Waals surface area contributed by atoms with E-state index in [1.807, 2.05) is 0 Å². The van der Waals surface area contributed by atoms with Gasteiger partial charge in [0.1, 0.15) is 0 Å². The zero-order chi connectivity index (χ0) is 15.8. The number of benzene rings is 1. The highest BCUT2D eigenvalue weighted by atomic mass is 35.5. The molecule has 9 heteroatoms. The Bertz CT molecular complexity index is 713.